The number of allylic oxidation sites excluding steroid dienone is 4. The van der Waals surface area contributed by atoms with Crippen LogP contribution >= 0.6 is 27.5 Å². The molecule has 0 heterocycles. The predicted octanol–water partition coefficient (Wildman–Crippen LogP) is 4.49. The minimum atomic E-state index is 0.795. The Morgan fingerprint density at radius 1 is 1.21 bits per heavy atom. The molecule has 0 fully saturated rings. The van der Waals surface area contributed by atoms with Gasteiger partial charge in [-0.1, -0.05) is 51.8 Å². The van der Waals surface area contributed by atoms with Crippen LogP contribution in [0.5, 0.6) is 0 Å². The minimum Gasteiger partial charge on any atom is -0.0843 e. The highest BCUT2D eigenvalue weighted by Crippen LogP contribution is 2.27. The van der Waals surface area contributed by atoms with Gasteiger partial charge in [0.1, 0.15) is 0 Å². The summed E-state index contributed by atoms with van der Waals surface area (Å²) < 4.78 is 1.30. The Hall–Kier alpha value is -0.530. The lowest BCUT2D eigenvalue weighted by Gasteiger charge is -2.02. The van der Waals surface area contributed by atoms with Crippen LogP contribution in [0.1, 0.15) is 12.0 Å². The molecule has 0 N–H and O–H groups in total. The Labute approximate surface area is 97.4 Å². The summed E-state index contributed by atoms with van der Waals surface area (Å²) in [5, 5.41) is 0.795. The van der Waals surface area contributed by atoms with Crippen molar-refractivity contribution in [3.63, 3.8) is 0 Å². The average molecular weight is 270 g/mol. The topological polar surface area (TPSA) is 0 Å². The van der Waals surface area contributed by atoms with Crippen LogP contribution in [0, 0.1) is 0 Å². The maximum Gasteiger partial charge on any atom is 0.0406 e. The first-order valence-electron chi connectivity index (χ1n) is 4.54. The molecule has 2 rings (SSSR count). The van der Waals surface area contributed by atoms with E-state index in [-0.39, 0.29) is 0 Å². The third kappa shape index (κ3) is 2.28. The van der Waals surface area contributed by atoms with Crippen LogP contribution in [0.15, 0.2) is 46.5 Å². The van der Waals surface area contributed by atoms with E-state index < -0.39 is 0 Å². The molecular formula is C12H10BrCl. The van der Waals surface area contributed by atoms with E-state index in [1.165, 1.54) is 15.6 Å². The van der Waals surface area contributed by atoms with E-state index in [2.05, 4.69) is 40.2 Å². The summed E-state index contributed by atoms with van der Waals surface area (Å²) in [5.41, 5.74) is 2.67. The molecular weight excluding hydrogens is 259 g/mol. The second-order valence-corrected chi connectivity index (χ2v) is 4.73. The standard InChI is InChI=1S/C12H10BrCl/c13-12-3-1-2-10(12)8-9-4-6-11(14)7-5-9/h1-2,4-7H,3,8H2. The first-order chi connectivity index (χ1) is 6.75. The van der Waals surface area contributed by atoms with Crippen molar-refractivity contribution >= 4 is 27.5 Å². The van der Waals surface area contributed by atoms with Crippen molar-refractivity contribution in [2.45, 2.75) is 12.8 Å². The van der Waals surface area contributed by atoms with Crippen molar-refractivity contribution in [1.29, 1.82) is 0 Å². The van der Waals surface area contributed by atoms with Crippen LogP contribution in [0.4, 0.5) is 0 Å². The first-order valence-corrected chi connectivity index (χ1v) is 5.71. The maximum absolute atomic E-state index is 5.82. The van der Waals surface area contributed by atoms with Crippen molar-refractivity contribution in [2.24, 2.45) is 0 Å². The molecule has 0 spiro atoms. The van der Waals surface area contributed by atoms with Gasteiger partial charge in [-0.05, 0) is 36.1 Å². The highest BCUT2D eigenvalue weighted by molar-refractivity contribution is 9.11. The third-order valence-corrected chi connectivity index (χ3v) is 3.36. The Kier molecular flexibility index (Phi) is 3.09. The van der Waals surface area contributed by atoms with Gasteiger partial charge in [0.2, 0.25) is 0 Å². The van der Waals surface area contributed by atoms with Crippen LogP contribution < -0.4 is 0 Å². The first kappa shape index (κ1) is 10.0. The lowest BCUT2D eigenvalue weighted by Crippen LogP contribution is -1.87. The Morgan fingerprint density at radius 3 is 2.50 bits per heavy atom. The van der Waals surface area contributed by atoms with E-state index in [1.54, 1.807) is 0 Å². The number of hydrogen-bond acceptors (Lipinski definition) is 0. The van der Waals surface area contributed by atoms with E-state index in [4.69, 9.17) is 11.6 Å². The van der Waals surface area contributed by atoms with E-state index >= 15 is 0 Å². The zero-order chi connectivity index (χ0) is 9.97. The van der Waals surface area contributed by atoms with Gasteiger partial charge in [-0.15, -0.1) is 0 Å². The van der Waals surface area contributed by atoms with Gasteiger partial charge >= 0.3 is 0 Å². The van der Waals surface area contributed by atoms with Crippen molar-refractivity contribution < 1.29 is 0 Å². The number of rotatable bonds is 2. The number of hydrogen-bond donors (Lipinski definition) is 0. The fraction of sp³-hybridized carbons (Fsp3) is 0.167. The monoisotopic (exact) mass is 268 g/mol. The van der Waals surface area contributed by atoms with Gasteiger partial charge in [-0.2, -0.15) is 0 Å². The summed E-state index contributed by atoms with van der Waals surface area (Å²) in [4.78, 5) is 0. The van der Waals surface area contributed by atoms with Crippen molar-refractivity contribution in [3.8, 4) is 0 Å². The van der Waals surface area contributed by atoms with E-state index in [0.717, 1.165) is 17.9 Å². The van der Waals surface area contributed by atoms with Gasteiger partial charge in [0.15, 0.2) is 0 Å². The average Bonchev–Trinajstić information content (AvgIpc) is 2.56. The SMILES string of the molecule is Clc1ccc(CC2=C(Br)CC=C2)cc1. The Morgan fingerprint density at radius 2 is 1.93 bits per heavy atom. The van der Waals surface area contributed by atoms with Gasteiger partial charge < -0.3 is 0 Å². The van der Waals surface area contributed by atoms with Crippen molar-refractivity contribution in [3.05, 3.63) is 57.1 Å². The predicted molar refractivity (Wildman–Crippen MR) is 64.9 cm³/mol. The molecule has 0 atom stereocenters. The molecule has 2 heteroatoms. The second-order valence-electron chi connectivity index (χ2n) is 3.34. The molecule has 0 saturated heterocycles. The highest BCUT2D eigenvalue weighted by atomic mass is 79.9. The summed E-state index contributed by atoms with van der Waals surface area (Å²) >= 11 is 9.39. The summed E-state index contributed by atoms with van der Waals surface area (Å²) in [6, 6.07) is 8.01. The molecule has 1 aliphatic rings. The molecule has 0 bridgehead atoms. The van der Waals surface area contributed by atoms with Crippen molar-refractivity contribution in [2.75, 3.05) is 0 Å². The molecule has 0 radical (unpaired) electrons. The van der Waals surface area contributed by atoms with Crippen LogP contribution in [0.25, 0.3) is 0 Å². The van der Waals surface area contributed by atoms with Gasteiger partial charge in [0.05, 0.1) is 0 Å². The van der Waals surface area contributed by atoms with Crippen LogP contribution in [-0.4, -0.2) is 0 Å². The lowest BCUT2D eigenvalue weighted by molar-refractivity contribution is 1.19. The third-order valence-electron chi connectivity index (χ3n) is 2.27. The Balaban J connectivity index is 2.15. The van der Waals surface area contributed by atoms with Crippen LogP contribution in [0.2, 0.25) is 5.02 Å². The number of halogens is 2. The van der Waals surface area contributed by atoms with E-state index in [1.807, 2.05) is 12.1 Å². The van der Waals surface area contributed by atoms with E-state index in [9.17, 15) is 0 Å². The van der Waals surface area contributed by atoms with Gasteiger partial charge in [0, 0.05) is 9.51 Å². The molecule has 72 valence electrons. The van der Waals surface area contributed by atoms with Gasteiger partial charge in [-0.25, -0.2) is 0 Å². The molecule has 0 aliphatic heterocycles. The normalized spacial score (nSPS) is 15.3. The summed E-state index contributed by atoms with van der Waals surface area (Å²) in [5.74, 6) is 0. The lowest BCUT2D eigenvalue weighted by atomic mass is 10.1. The van der Waals surface area contributed by atoms with Gasteiger partial charge in [-0.3, -0.25) is 0 Å². The fourth-order valence-electron chi connectivity index (χ4n) is 1.50. The Bertz CT molecular complexity index is 387. The number of benzene rings is 1. The summed E-state index contributed by atoms with van der Waals surface area (Å²) in [6.45, 7) is 0. The minimum absolute atomic E-state index is 0.795. The molecule has 14 heavy (non-hydrogen) atoms. The molecule has 0 saturated carbocycles. The smallest absolute Gasteiger partial charge is 0.0406 e. The highest BCUT2D eigenvalue weighted by Gasteiger charge is 2.06. The fourth-order valence-corrected chi connectivity index (χ4v) is 2.09. The molecule has 1 aromatic carbocycles. The molecule has 0 nitrogen and oxygen atoms in total. The molecule has 0 amide bonds. The van der Waals surface area contributed by atoms with E-state index in [0.29, 0.717) is 0 Å². The molecule has 0 aromatic heterocycles. The largest absolute Gasteiger partial charge is 0.0843 e. The maximum atomic E-state index is 5.82. The zero-order valence-corrected chi connectivity index (χ0v) is 9.98. The van der Waals surface area contributed by atoms with Crippen molar-refractivity contribution in [1.82, 2.24) is 0 Å². The molecule has 1 aromatic rings. The second kappa shape index (κ2) is 4.33. The quantitative estimate of drug-likeness (QED) is 0.742. The van der Waals surface area contributed by atoms with Crippen LogP contribution in [-0.2, 0) is 6.42 Å². The molecule has 0 unspecified atom stereocenters. The summed E-state index contributed by atoms with van der Waals surface area (Å²) in [7, 11) is 0. The molecule has 1 aliphatic carbocycles. The van der Waals surface area contributed by atoms with Gasteiger partial charge in [0.25, 0.3) is 0 Å². The van der Waals surface area contributed by atoms with Crippen LogP contribution in [0.3, 0.4) is 0 Å². The zero-order valence-electron chi connectivity index (χ0n) is 7.63. The summed E-state index contributed by atoms with van der Waals surface area (Å²) in [6.07, 6.45) is 6.37.